The first kappa shape index (κ1) is 18.1. The highest BCUT2D eigenvalue weighted by molar-refractivity contribution is 5.98. The Bertz CT molecular complexity index is 823. The third-order valence-corrected chi connectivity index (χ3v) is 4.80. The van der Waals surface area contributed by atoms with Crippen LogP contribution >= 0.6 is 0 Å². The van der Waals surface area contributed by atoms with Crippen LogP contribution in [-0.4, -0.2) is 23.3 Å². The maximum Gasteiger partial charge on any atom is 0.229 e. The van der Waals surface area contributed by atoms with Crippen LogP contribution in [0, 0.1) is 32.5 Å². The lowest BCUT2D eigenvalue weighted by Gasteiger charge is -2.18. The third kappa shape index (κ3) is 3.93. The molecule has 0 bridgehead atoms. The van der Waals surface area contributed by atoms with Gasteiger partial charge in [-0.15, -0.1) is 0 Å². The van der Waals surface area contributed by atoms with Crippen molar-refractivity contribution in [3.8, 4) is 0 Å². The SMILES string of the molecule is Cc1cc(C)c(NC(=O)C2CC(=O)N(Cc3ccc(F)cc3)C2)c(C)c1. The smallest absolute Gasteiger partial charge is 0.229 e. The van der Waals surface area contributed by atoms with Gasteiger partial charge >= 0.3 is 0 Å². The lowest BCUT2D eigenvalue weighted by atomic mass is 10.0. The third-order valence-electron chi connectivity index (χ3n) is 4.80. The van der Waals surface area contributed by atoms with E-state index in [1.807, 2.05) is 32.9 Å². The van der Waals surface area contributed by atoms with Crippen LogP contribution in [-0.2, 0) is 16.1 Å². The maximum atomic E-state index is 13.0. The molecule has 1 aliphatic heterocycles. The molecule has 1 heterocycles. The summed E-state index contributed by atoms with van der Waals surface area (Å²) in [6.45, 7) is 6.73. The first-order valence-corrected chi connectivity index (χ1v) is 8.74. The van der Waals surface area contributed by atoms with Crippen molar-refractivity contribution in [2.24, 2.45) is 5.92 Å². The summed E-state index contributed by atoms with van der Waals surface area (Å²) in [4.78, 5) is 26.6. The highest BCUT2D eigenvalue weighted by Crippen LogP contribution is 2.26. The average Bonchev–Trinajstić information content (AvgIpc) is 2.94. The molecule has 1 atom stereocenters. The molecule has 1 aliphatic rings. The first-order chi connectivity index (χ1) is 12.3. The van der Waals surface area contributed by atoms with Gasteiger partial charge in [-0.05, 0) is 49.6 Å². The van der Waals surface area contributed by atoms with Crippen molar-refractivity contribution in [2.75, 3.05) is 11.9 Å². The highest BCUT2D eigenvalue weighted by Gasteiger charge is 2.34. The molecule has 1 unspecified atom stereocenters. The molecule has 0 saturated carbocycles. The predicted molar refractivity (Wildman–Crippen MR) is 99.2 cm³/mol. The molecule has 5 heteroatoms. The fourth-order valence-electron chi connectivity index (χ4n) is 3.51. The van der Waals surface area contributed by atoms with Gasteiger partial charge in [-0.2, -0.15) is 0 Å². The van der Waals surface area contributed by atoms with Gasteiger partial charge in [0.1, 0.15) is 5.82 Å². The van der Waals surface area contributed by atoms with E-state index in [1.54, 1.807) is 17.0 Å². The molecule has 0 spiro atoms. The molecule has 0 aliphatic carbocycles. The Morgan fingerprint density at radius 2 is 1.77 bits per heavy atom. The van der Waals surface area contributed by atoms with Gasteiger partial charge in [0.25, 0.3) is 0 Å². The van der Waals surface area contributed by atoms with Gasteiger partial charge in [-0.25, -0.2) is 4.39 Å². The number of nitrogens with zero attached hydrogens (tertiary/aromatic N) is 1. The lowest BCUT2D eigenvalue weighted by molar-refractivity contribution is -0.128. The molecule has 136 valence electrons. The van der Waals surface area contributed by atoms with E-state index in [0.717, 1.165) is 27.9 Å². The molecule has 2 aromatic carbocycles. The van der Waals surface area contributed by atoms with E-state index < -0.39 is 0 Å². The Hall–Kier alpha value is -2.69. The van der Waals surface area contributed by atoms with Crippen LogP contribution in [0.15, 0.2) is 36.4 Å². The molecule has 0 aromatic heterocycles. The molecular weight excluding hydrogens is 331 g/mol. The number of nitrogens with one attached hydrogen (secondary N) is 1. The zero-order chi connectivity index (χ0) is 18.8. The predicted octanol–water partition coefficient (Wildman–Crippen LogP) is 3.74. The molecule has 2 aromatic rings. The van der Waals surface area contributed by atoms with Gasteiger partial charge in [-0.1, -0.05) is 29.8 Å². The van der Waals surface area contributed by atoms with Crippen LogP contribution in [0.5, 0.6) is 0 Å². The maximum absolute atomic E-state index is 13.0. The van der Waals surface area contributed by atoms with Gasteiger partial charge in [0.2, 0.25) is 11.8 Å². The molecule has 1 N–H and O–H groups in total. The second-order valence-corrected chi connectivity index (χ2v) is 7.06. The summed E-state index contributed by atoms with van der Waals surface area (Å²) in [5.41, 5.74) is 4.86. The standard InChI is InChI=1S/C21H23FN2O2/c1-13-8-14(2)20(15(3)9-13)23-21(26)17-10-19(25)24(12-17)11-16-4-6-18(22)7-5-16/h4-9,17H,10-12H2,1-3H3,(H,23,26). The average molecular weight is 354 g/mol. The van der Waals surface area contributed by atoms with Crippen LogP contribution in [0.2, 0.25) is 0 Å². The number of likely N-dealkylation sites (tertiary alicyclic amines) is 1. The van der Waals surface area contributed by atoms with E-state index in [2.05, 4.69) is 5.32 Å². The number of benzene rings is 2. The zero-order valence-electron chi connectivity index (χ0n) is 15.3. The van der Waals surface area contributed by atoms with Gasteiger partial charge in [0.05, 0.1) is 5.92 Å². The normalized spacial score (nSPS) is 16.8. The van der Waals surface area contributed by atoms with Crippen molar-refractivity contribution in [2.45, 2.75) is 33.7 Å². The summed E-state index contributed by atoms with van der Waals surface area (Å²) in [5, 5.41) is 2.99. The summed E-state index contributed by atoms with van der Waals surface area (Å²) in [6.07, 6.45) is 0.205. The van der Waals surface area contributed by atoms with E-state index in [0.29, 0.717) is 13.1 Å². The fourth-order valence-corrected chi connectivity index (χ4v) is 3.51. The van der Waals surface area contributed by atoms with Crippen molar-refractivity contribution in [1.29, 1.82) is 0 Å². The highest BCUT2D eigenvalue weighted by atomic mass is 19.1. The van der Waals surface area contributed by atoms with Crippen molar-refractivity contribution in [3.63, 3.8) is 0 Å². The Kier molecular flexibility index (Phi) is 5.07. The second-order valence-electron chi connectivity index (χ2n) is 7.06. The number of hydrogen-bond donors (Lipinski definition) is 1. The van der Waals surface area contributed by atoms with E-state index >= 15 is 0 Å². The van der Waals surface area contributed by atoms with E-state index in [9.17, 15) is 14.0 Å². The van der Waals surface area contributed by atoms with E-state index in [4.69, 9.17) is 0 Å². The largest absolute Gasteiger partial charge is 0.338 e. The number of hydrogen-bond acceptors (Lipinski definition) is 2. The van der Waals surface area contributed by atoms with Crippen molar-refractivity contribution in [3.05, 3.63) is 64.5 Å². The van der Waals surface area contributed by atoms with E-state index in [1.165, 1.54) is 12.1 Å². The molecule has 0 radical (unpaired) electrons. The molecule has 4 nitrogen and oxygen atoms in total. The second kappa shape index (κ2) is 7.28. The summed E-state index contributed by atoms with van der Waals surface area (Å²) in [7, 11) is 0. The summed E-state index contributed by atoms with van der Waals surface area (Å²) >= 11 is 0. The van der Waals surface area contributed by atoms with Crippen molar-refractivity contribution < 1.29 is 14.0 Å². The number of carbonyl (C=O) groups excluding carboxylic acids is 2. The molecule has 1 fully saturated rings. The van der Waals surface area contributed by atoms with Gasteiger partial charge in [0.15, 0.2) is 0 Å². The summed E-state index contributed by atoms with van der Waals surface area (Å²) in [5.74, 6) is -0.854. The number of halogens is 1. The molecule has 2 amide bonds. The quantitative estimate of drug-likeness (QED) is 0.909. The molecular formula is C21H23FN2O2. The van der Waals surface area contributed by atoms with Crippen LogP contribution < -0.4 is 5.32 Å². The number of rotatable bonds is 4. The van der Waals surface area contributed by atoms with Crippen LogP contribution in [0.25, 0.3) is 0 Å². The summed E-state index contributed by atoms with van der Waals surface area (Å²) in [6, 6.07) is 10.1. The number of carbonyl (C=O) groups is 2. The van der Waals surface area contributed by atoms with Crippen molar-refractivity contribution >= 4 is 17.5 Å². The van der Waals surface area contributed by atoms with Crippen LogP contribution in [0.3, 0.4) is 0 Å². The van der Waals surface area contributed by atoms with Gasteiger partial charge < -0.3 is 10.2 Å². The Labute approximate surface area is 153 Å². The Morgan fingerprint density at radius 1 is 1.15 bits per heavy atom. The minimum absolute atomic E-state index is 0.0492. The number of anilines is 1. The monoisotopic (exact) mass is 354 g/mol. The van der Waals surface area contributed by atoms with Gasteiger partial charge in [0, 0.05) is 25.2 Å². The Balaban J connectivity index is 1.66. The first-order valence-electron chi connectivity index (χ1n) is 8.74. The number of aryl methyl sites for hydroxylation is 3. The fraction of sp³-hybridized carbons (Fsp3) is 0.333. The minimum atomic E-state index is -0.372. The van der Waals surface area contributed by atoms with Crippen LogP contribution in [0.4, 0.5) is 10.1 Å². The topological polar surface area (TPSA) is 49.4 Å². The summed E-state index contributed by atoms with van der Waals surface area (Å²) < 4.78 is 13.0. The number of amides is 2. The van der Waals surface area contributed by atoms with E-state index in [-0.39, 0.29) is 30.0 Å². The molecule has 1 saturated heterocycles. The van der Waals surface area contributed by atoms with Crippen molar-refractivity contribution in [1.82, 2.24) is 4.90 Å². The van der Waals surface area contributed by atoms with Crippen LogP contribution in [0.1, 0.15) is 28.7 Å². The van der Waals surface area contributed by atoms with Gasteiger partial charge in [-0.3, -0.25) is 9.59 Å². The zero-order valence-corrected chi connectivity index (χ0v) is 15.3. The Morgan fingerprint density at radius 3 is 2.38 bits per heavy atom. The molecule has 3 rings (SSSR count). The molecule has 26 heavy (non-hydrogen) atoms. The minimum Gasteiger partial charge on any atom is -0.338 e. The lowest BCUT2D eigenvalue weighted by Crippen LogP contribution is -2.28.